The molecule has 2 rings (SSSR count). The molecule has 112 valence electrons. The van der Waals surface area contributed by atoms with Crippen molar-refractivity contribution in [1.82, 2.24) is 0 Å². The van der Waals surface area contributed by atoms with E-state index in [1.54, 1.807) is 12.1 Å². The minimum Gasteiger partial charge on any atom is -0.431 e. The molecule has 2 aromatic carbocycles. The standard InChI is InChI=1S/C14H12Cl3O2PS/c1-2-21-20(18,11-6-4-3-5-7-11)19-13-9-10(15)8-12(16)14(13)17/h3-9H,2H2,1H3. The van der Waals surface area contributed by atoms with Crippen molar-refractivity contribution in [3.63, 3.8) is 0 Å². The molecule has 7 heteroatoms. The molecule has 0 saturated heterocycles. The van der Waals surface area contributed by atoms with Crippen LogP contribution in [0, 0.1) is 0 Å². The third kappa shape index (κ3) is 4.12. The Morgan fingerprint density at radius 1 is 1.14 bits per heavy atom. The van der Waals surface area contributed by atoms with Crippen molar-refractivity contribution in [3.05, 3.63) is 57.5 Å². The highest BCUT2D eigenvalue weighted by Crippen LogP contribution is 2.59. The van der Waals surface area contributed by atoms with Crippen molar-refractivity contribution in [2.24, 2.45) is 0 Å². The van der Waals surface area contributed by atoms with Crippen molar-refractivity contribution in [3.8, 4) is 5.75 Å². The van der Waals surface area contributed by atoms with E-state index in [4.69, 9.17) is 39.3 Å². The van der Waals surface area contributed by atoms with Gasteiger partial charge in [-0.05, 0) is 18.2 Å². The quantitative estimate of drug-likeness (QED) is 0.449. The van der Waals surface area contributed by atoms with Crippen LogP contribution in [0.1, 0.15) is 6.92 Å². The van der Waals surface area contributed by atoms with Crippen LogP contribution in [0.5, 0.6) is 5.75 Å². The van der Waals surface area contributed by atoms with E-state index in [2.05, 4.69) is 0 Å². The zero-order valence-electron chi connectivity index (χ0n) is 11.1. The first-order chi connectivity index (χ1) is 9.96. The molecule has 21 heavy (non-hydrogen) atoms. The number of benzene rings is 2. The summed E-state index contributed by atoms with van der Waals surface area (Å²) in [6.45, 7) is -1.23. The van der Waals surface area contributed by atoms with Crippen LogP contribution in [0.3, 0.4) is 0 Å². The average molecular weight is 382 g/mol. The largest absolute Gasteiger partial charge is 0.431 e. The summed E-state index contributed by atoms with van der Waals surface area (Å²) in [6, 6.07) is 12.0. The molecule has 0 aliphatic rings. The topological polar surface area (TPSA) is 26.3 Å². The minimum absolute atomic E-state index is 0.203. The zero-order chi connectivity index (χ0) is 15.5. The Kier molecular flexibility index (Phi) is 5.93. The summed E-state index contributed by atoms with van der Waals surface area (Å²) in [5.74, 6) is 0.861. The summed E-state index contributed by atoms with van der Waals surface area (Å²) in [7, 11) is 0. The number of hydrogen-bond donors (Lipinski definition) is 0. The predicted octanol–water partition coefficient (Wildman–Crippen LogP) is 6.30. The van der Waals surface area contributed by atoms with Gasteiger partial charge in [-0.1, -0.05) is 71.3 Å². The Bertz CT molecular complexity index is 679. The Labute approximate surface area is 142 Å². The molecule has 0 amide bonds. The maximum Gasteiger partial charge on any atom is 0.333 e. The highest BCUT2D eigenvalue weighted by Gasteiger charge is 2.29. The number of halogens is 3. The van der Waals surface area contributed by atoms with Crippen LogP contribution >= 0.6 is 52.8 Å². The normalized spacial score (nSPS) is 13.7. The fraction of sp³-hybridized carbons (Fsp3) is 0.143. The van der Waals surface area contributed by atoms with Crippen LogP contribution in [0.4, 0.5) is 0 Å². The first kappa shape index (κ1) is 17.1. The molecular formula is C14H12Cl3O2PS. The predicted molar refractivity (Wildman–Crippen MR) is 93.9 cm³/mol. The van der Waals surface area contributed by atoms with Gasteiger partial charge in [-0.2, -0.15) is 0 Å². The van der Waals surface area contributed by atoms with Crippen LogP contribution in [0.15, 0.2) is 42.5 Å². The van der Waals surface area contributed by atoms with E-state index in [9.17, 15) is 4.57 Å². The average Bonchev–Trinajstić information content (AvgIpc) is 2.45. The fourth-order valence-electron chi connectivity index (χ4n) is 1.66. The van der Waals surface area contributed by atoms with Gasteiger partial charge in [0.05, 0.1) is 10.3 Å². The molecule has 0 heterocycles. The van der Waals surface area contributed by atoms with E-state index < -0.39 is 6.57 Å². The molecule has 0 aliphatic heterocycles. The Hall–Kier alpha value is -0.310. The molecule has 0 N–H and O–H groups in total. The van der Waals surface area contributed by atoms with Crippen molar-refractivity contribution in [2.75, 3.05) is 5.75 Å². The first-order valence-corrected chi connectivity index (χ1v) is 10.5. The van der Waals surface area contributed by atoms with Gasteiger partial charge in [-0.3, -0.25) is 4.57 Å². The van der Waals surface area contributed by atoms with Gasteiger partial charge in [0.15, 0.2) is 0 Å². The summed E-state index contributed by atoms with van der Waals surface area (Å²) in [5, 5.41) is 1.46. The zero-order valence-corrected chi connectivity index (χ0v) is 15.0. The van der Waals surface area contributed by atoms with E-state index in [1.165, 1.54) is 23.5 Å². The highest BCUT2D eigenvalue weighted by molar-refractivity contribution is 8.58. The Morgan fingerprint density at radius 3 is 2.43 bits per heavy atom. The number of rotatable bonds is 5. The second-order valence-electron chi connectivity index (χ2n) is 4.04. The number of hydrogen-bond acceptors (Lipinski definition) is 3. The lowest BCUT2D eigenvalue weighted by Crippen LogP contribution is -2.07. The van der Waals surface area contributed by atoms with Crippen LogP contribution in [0.25, 0.3) is 0 Å². The van der Waals surface area contributed by atoms with Crippen molar-refractivity contribution in [1.29, 1.82) is 0 Å². The van der Waals surface area contributed by atoms with Crippen LogP contribution in [-0.2, 0) is 4.57 Å². The van der Waals surface area contributed by atoms with Crippen LogP contribution < -0.4 is 9.83 Å². The Morgan fingerprint density at radius 2 is 1.81 bits per heavy atom. The van der Waals surface area contributed by atoms with E-state index >= 15 is 0 Å². The van der Waals surface area contributed by atoms with Gasteiger partial charge < -0.3 is 4.52 Å². The van der Waals surface area contributed by atoms with Gasteiger partial charge in [0.25, 0.3) is 0 Å². The van der Waals surface area contributed by atoms with Crippen molar-refractivity contribution in [2.45, 2.75) is 6.92 Å². The van der Waals surface area contributed by atoms with Gasteiger partial charge in [0.1, 0.15) is 10.8 Å². The Balaban J connectivity index is 2.44. The SMILES string of the molecule is CCSP(=O)(Oc1cc(Cl)cc(Cl)c1Cl)c1ccccc1. The first-order valence-electron chi connectivity index (χ1n) is 6.10. The van der Waals surface area contributed by atoms with Gasteiger partial charge in [0, 0.05) is 16.8 Å². The molecule has 0 saturated carbocycles. The lowest BCUT2D eigenvalue weighted by Gasteiger charge is -2.19. The third-order valence-corrected chi connectivity index (χ3v) is 8.17. The van der Waals surface area contributed by atoms with Gasteiger partial charge in [-0.25, -0.2) is 0 Å². The molecule has 0 aromatic heterocycles. The van der Waals surface area contributed by atoms with Gasteiger partial charge in [0.2, 0.25) is 0 Å². The monoisotopic (exact) mass is 380 g/mol. The van der Waals surface area contributed by atoms with Crippen molar-refractivity contribution >= 4 is 58.1 Å². The van der Waals surface area contributed by atoms with Crippen molar-refractivity contribution < 1.29 is 9.09 Å². The maximum absolute atomic E-state index is 13.2. The smallest absolute Gasteiger partial charge is 0.333 e. The summed E-state index contributed by atoms with van der Waals surface area (Å²) in [6.07, 6.45) is 0. The summed E-state index contributed by atoms with van der Waals surface area (Å²) < 4.78 is 18.9. The molecule has 0 spiro atoms. The van der Waals surface area contributed by atoms with E-state index in [1.807, 2.05) is 25.1 Å². The van der Waals surface area contributed by atoms with Gasteiger partial charge >= 0.3 is 6.57 Å². The fourth-order valence-corrected chi connectivity index (χ4v) is 6.16. The highest BCUT2D eigenvalue weighted by atomic mass is 35.5. The molecule has 0 bridgehead atoms. The third-order valence-electron chi connectivity index (χ3n) is 2.55. The summed E-state index contributed by atoms with van der Waals surface area (Å²) in [4.78, 5) is 0. The lowest BCUT2D eigenvalue weighted by molar-refractivity contribution is 0.509. The summed E-state index contributed by atoms with van der Waals surface area (Å²) >= 11 is 19.3. The lowest BCUT2D eigenvalue weighted by atomic mass is 10.3. The minimum atomic E-state index is -3.15. The van der Waals surface area contributed by atoms with E-state index in [0.29, 0.717) is 16.1 Å². The van der Waals surface area contributed by atoms with E-state index in [-0.39, 0.29) is 15.8 Å². The van der Waals surface area contributed by atoms with Crippen LogP contribution in [-0.4, -0.2) is 5.75 Å². The van der Waals surface area contributed by atoms with E-state index in [0.717, 1.165) is 0 Å². The molecule has 1 atom stereocenters. The maximum atomic E-state index is 13.2. The molecule has 0 aliphatic carbocycles. The molecule has 0 radical (unpaired) electrons. The second kappa shape index (κ2) is 7.30. The van der Waals surface area contributed by atoms with Gasteiger partial charge in [-0.15, -0.1) is 0 Å². The molecule has 0 fully saturated rings. The van der Waals surface area contributed by atoms with Crippen LogP contribution in [0.2, 0.25) is 15.1 Å². The summed E-state index contributed by atoms with van der Waals surface area (Å²) in [5.41, 5.74) is 0. The second-order valence-corrected chi connectivity index (χ2v) is 10.0. The molecule has 1 unspecified atom stereocenters. The molecule has 2 nitrogen and oxygen atoms in total. The molecule has 2 aromatic rings. The molecular weight excluding hydrogens is 370 g/mol.